The van der Waals surface area contributed by atoms with Crippen LogP contribution < -0.4 is 5.73 Å². The molecule has 0 amide bonds. The molecule has 1 aliphatic rings. The van der Waals surface area contributed by atoms with E-state index in [2.05, 4.69) is 45.0 Å². The van der Waals surface area contributed by atoms with Crippen molar-refractivity contribution in [1.29, 1.82) is 0 Å². The fraction of sp³-hybridized carbons (Fsp3) is 0.647. The van der Waals surface area contributed by atoms with E-state index in [1.165, 1.54) is 30.4 Å². The minimum absolute atomic E-state index is 0.0141. The van der Waals surface area contributed by atoms with E-state index in [1.54, 1.807) is 0 Å². The molecular formula is C17H27N. The highest BCUT2D eigenvalue weighted by atomic mass is 14.8. The standard InChI is InChI=1S/C17H27N/c1-4-15-5-7-16(8-6-15)12-17(18)10-9-13(2)11-14(17)3/h5-8,13-14H,4,9-12,18H2,1-3H3. The quantitative estimate of drug-likeness (QED) is 0.857. The lowest BCUT2D eigenvalue weighted by atomic mass is 9.68. The van der Waals surface area contributed by atoms with Crippen LogP contribution in [0.4, 0.5) is 0 Å². The van der Waals surface area contributed by atoms with Gasteiger partial charge in [0.15, 0.2) is 0 Å². The van der Waals surface area contributed by atoms with Crippen LogP contribution >= 0.6 is 0 Å². The smallest absolute Gasteiger partial charge is 0.0221 e. The minimum atomic E-state index is 0.0141. The lowest BCUT2D eigenvalue weighted by Gasteiger charge is -2.42. The molecule has 1 aromatic carbocycles. The van der Waals surface area contributed by atoms with Gasteiger partial charge in [-0.15, -0.1) is 0 Å². The van der Waals surface area contributed by atoms with Crippen molar-refractivity contribution in [2.24, 2.45) is 17.6 Å². The third-order valence-corrected chi connectivity index (χ3v) is 4.80. The second-order valence-electron chi connectivity index (χ2n) is 6.36. The van der Waals surface area contributed by atoms with Crippen LogP contribution in [0.3, 0.4) is 0 Å². The second kappa shape index (κ2) is 5.44. The number of benzene rings is 1. The second-order valence-corrected chi connectivity index (χ2v) is 6.36. The van der Waals surface area contributed by atoms with Gasteiger partial charge in [0.05, 0.1) is 0 Å². The van der Waals surface area contributed by atoms with Gasteiger partial charge in [-0.2, -0.15) is 0 Å². The maximum Gasteiger partial charge on any atom is 0.0221 e. The molecule has 1 nitrogen and oxygen atoms in total. The lowest BCUT2D eigenvalue weighted by molar-refractivity contribution is 0.163. The molecule has 1 saturated carbocycles. The largest absolute Gasteiger partial charge is 0.325 e. The molecule has 1 aliphatic carbocycles. The fourth-order valence-corrected chi connectivity index (χ4v) is 3.25. The normalized spacial score (nSPS) is 32.4. The number of hydrogen-bond acceptors (Lipinski definition) is 1. The fourth-order valence-electron chi connectivity index (χ4n) is 3.25. The molecule has 0 aliphatic heterocycles. The molecule has 18 heavy (non-hydrogen) atoms. The van der Waals surface area contributed by atoms with Crippen molar-refractivity contribution in [2.75, 3.05) is 0 Å². The maximum atomic E-state index is 6.67. The Morgan fingerprint density at radius 2 is 1.78 bits per heavy atom. The molecule has 1 aromatic rings. The van der Waals surface area contributed by atoms with Crippen LogP contribution in [0.25, 0.3) is 0 Å². The molecule has 0 saturated heterocycles. The first-order valence-corrected chi connectivity index (χ1v) is 7.40. The van der Waals surface area contributed by atoms with Crippen LogP contribution in [0.2, 0.25) is 0 Å². The van der Waals surface area contributed by atoms with Crippen LogP contribution in [0.15, 0.2) is 24.3 Å². The average molecular weight is 245 g/mol. The highest BCUT2D eigenvalue weighted by Crippen LogP contribution is 2.37. The van der Waals surface area contributed by atoms with Gasteiger partial charge in [-0.1, -0.05) is 45.0 Å². The van der Waals surface area contributed by atoms with Crippen LogP contribution in [-0.4, -0.2) is 5.54 Å². The molecule has 0 spiro atoms. The first-order chi connectivity index (χ1) is 8.53. The number of hydrogen-bond donors (Lipinski definition) is 1. The summed E-state index contributed by atoms with van der Waals surface area (Å²) in [7, 11) is 0. The Labute approximate surface area is 112 Å². The summed E-state index contributed by atoms with van der Waals surface area (Å²) in [6.45, 7) is 6.88. The Morgan fingerprint density at radius 3 is 2.33 bits per heavy atom. The molecule has 0 heterocycles. The summed E-state index contributed by atoms with van der Waals surface area (Å²) in [5.74, 6) is 1.48. The van der Waals surface area contributed by atoms with Crippen molar-refractivity contribution in [3.05, 3.63) is 35.4 Å². The average Bonchev–Trinajstić information content (AvgIpc) is 2.36. The molecule has 1 fully saturated rings. The van der Waals surface area contributed by atoms with Crippen LogP contribution in [0.1, 0.15) is 51.2 Å². The number of rotatable bonds is 3. The maximum absolute atomic E-state index is 6.67. The predicted octanol–water partition coefficient (Wildman–Crippen LogP) is 3.95. The first kappa shape index (κ1) is 13.6. The molecule has 2 rings (SSSR count). The van der Waals surface area contributed by atoms with E-state index in [4.69, 9.17) is 5.73 Å². The van der Waals surface area contributed by atoms with Crippen molar-refractivity contribution in [1.82, 2.24) is 0 Å². The van der Waals surface area contributed by atoms with Gasteiger partial charge in [-0.05, 0) is 55.1 Å². The summed E-state index contributed by atoms with van der Waals surface area (Å²) in [6, 6.07) is 9.01. The SMILES string of the molecule is CCc1ccc(CC2(N)CCC(C)CC2C)cc1. The molecule has 3 unspecified atom stereocenters. The third-order valence-electron chi connectivity index (χ3n) is 4.80. The van der Waals surface area contributed by atoms with Gasteiger partial charge in [-0.25, -0.2) is 0 Å². The van der Waals surface area contributed by atoms with E-state index in [0.29, 0.717) is 5.92 Å². The van der Waals surface area contributed by atoms with Crippen LogP contribution in [0.5, 0.6) is 0 Å². The zero-order valence-corrected chi connectivity index (χ0v) is 12.1. The molecular weight excluding hydrogens is 218 g/mol. The Kier molecular flexibility index (Phi) is 4.11. The molecule has 1 heteroatoms. The van der Waals surface area contributed by atoms with E-state index in [1.807, 2.05) is 0 Å². The Bertz CT molecular complexity index is 381. The van der Waals surface area contributed by atoms with E-state index < -0.39 is 0 Å². The lowest BCUT2D eigenvalue weighted by Crippen LogP contribution is -2.51. The van der Waals surface area contributed by atoms with Crippen molar-refractivity contribution in [2.45, 2.75) is 58.4 Å². The van der Waals surface area contributed by atoms with Crippen LogP contribution in [0, 0.1) is 11.8 Å². The van der Waals surface area contributed by atoms with E-state index >= 15 is 0 Å². The minimum Gasteiger partial charge on any atom is -0.325 e. The zero-order valence-electron chi connectivity index (χ0n) is 12.1. The number of nitrogens with two attached hydrogens (primary N) is 1. The topological polar surface area (TPSA) is 26.0 Å². The zero-order chi connectivity index (χ0) is 13.2. The van der Waals surface area contributed by atoms with Gasteiger partial charge in [0, 0.05) is 5.54 Å². The summed E-state index contributed by atoms with van der Waals surface area (Å²) in [5.41, 5.74) is 9.49. The van der Waals surface area contributed by atoms with Gasteiger partial charge >= 0.3 is 0 Å². The Balaban J connectivity index is 2.07. The summed E-state index contributed by atoms with van der Waals surface area (Å²) in [4.78, 5) is 0. The monoisotopic (exact) mass is 245 g/mol. The predicted molar refractivity (Wildman–Crippen MR) is 78.6 cm³/mol. The molecule has 2 N–H and O–H groups in total. The molecule has 0 aromatic heterocycles. The number of aryl methyl sites for hydroxylation is 1. The van der Waals surface area contributed by atoms with Gasteiger partial charge in [0.1, 0.15) is 0 Å². The summed E-state index contributed by atoms with van der Waals surface area (Å²) in [6.07, 6.45) is 5.88. The Morgan fingerprint density at radius 1 is 1.17 bits per heavy atom. The van der Waals surface area contributed by atoms with Gasteiger partial charge in [0.2, 0.25) is 0 Å². The molecule has 0 bridgehead atoms. The van der Waals surface area contributed by atoms with E-state index in [9.17, 15) is 0 Å². The molecule has 0 radical (unpaired) electrons. The van der Waals surface area contributed by atoms with E-state index in [0.717, 1.165) is 18.8 Å². The van der Waals surface area contributed by atoms with Crippen molar-refractivity contribution in [3.8, 4) is 0 Å². The Hall–Kier alpha value is -0.820. The van der Waals surface area contributed by atoms with Crippen molar-refractivity contribution in [3.63, 3.8) is 0 Å². The highest BCUT2D eigenvalue weighted by molar-refractivity contribution is 5.24. The van der Waals surface area contributed by atoms with Gasteiger partial charge < -0.3 is 5.73 Å². The molecule has 100 valence electrons. The van der Waals surface area contributed by atoms with Crippen LogP contribution in [-0.2, 0) is 12.8 Å². The van der Waals surface area contributed by atoms with Crippen molar-refractivity contribution < 1.29 is 0 Å². The molecule has 3 atom stereocenters. The van der Waals surface area contributed by atoms with Gasteiger partial charge in [0.25, 0.3) is 0 Å². The third kappa shape index (κ3) is 2.95. The summed E-state index contributed by atoms with van der Waals surface area (Å²) < 4.78 is 0. The first-order valence-electron chi connectivity index (χ1n) is 7.40. The van der Waals surface area contributed by atoms with Gasteiger partial charge in [-0.3, -0.25) is 0 Å². The summed E-state index contributed by atoms with van der Waals surface area (Å²) >= 11 is 0. The highest BCUT2D eigenvalue weighted by Gasteiger charge is 2.36. The van der Waals surface area contributed by atoms with E-state index in [-0.39, 0.29) is 5.54 Å². The van der Waals surface area contributed by atoms with Crippen molar-refractivity contribution >= 4 is 0 Å². The summed E-state index contributed by atoms with van der Waals surface area (Å²) in [5, 5.41) is 0.